The molecule has 2 aromatic rings. The van der Waals surface area contributed by atoms with Crippen LogP contribution in [0.5, 0.6) is 5.75 Å². The van der Waals surface area contributed by atoms with E-state index in [1.165, 1.54) is 12.8 Å². The predicted molar refractivity (Wildman–Crippen MR) is 85.9 cm³/mol. The molecule has 0 unspecified atom stereocenters. The summed E-state index contributed by atoms with van der Waals surface area (Å²) < 4.78 is 5.20. The van der Waals surface area contributed by atoms with E-state index in [2.05, 4.69) is 24.1 Å². The van der Waals surface area contributed by atoms with Crippen LogP contribution in [0.25, 0.3) is 10.9 Å². The Labute approximate surface area is 125 Å². The van der Waals surface area contributed by atoms with Gasteiger partial charge < -0.3 is 15.0 Å². The molecule has 1 heterocycles. The van der Waals surface area contributed by atoms with Crippen molar-refractivity contribution < 1.29 is 9.53 Å². The van der Waals surface area contributed by atoms with Crippen LogP contribution >= 0.6 is 0 Å². The molecule has 114 valence electrons. The van der Waals surface area contributed by atoms with Gasteiger partial charge >= 0.3 is 0 Å². The molecule has 1 aromatic heterocycles. The van der Waals surface area contributed by atoms with Crippen LogP contribution in [0.2, 0.25) is 0 Å². The summed E-state index contributed by atoms with van der Waals surface area (Å²) in [6, 6.07) is 7.80. The minimum absolute atomic E-state index is 0.0471. The molecule has 4 heteroatoms. The molecular weight excluding hydrogens is 264 g/mol. The van der Waals surface area contributed by atoms with E-state index in [-0.39, 0.29) is 11.9 Å². The number of fused-ring (bicyclic) bond motifs is 1. The number of hydrogen-bond acceptors (Lipinski definition) is 2. The van der Waals surface area contributed by atoms with Crippen molar-refractivity contribution in [3.8, 4) is 5.75 Å². The Morgan fingerprint density at radius 1 is 1.33 bits per heavy atom. The monoisotopic (exact) mass is 288 g/mol. The van der Waals surface area contributed by atoms with Gasteiger partial charge in [-0.1, -0.05) is 26.2 Å². The zero-order chi connectivity index (χ0) is 15.2. The van der Waals surface area contributed by atoms with Crippen molar-refractivity contribution in [2.24, 2.45) is 0 Å². The van der Waals surface area contributed by atoms with Gasteiger partial charge in [-0.3, -0.25) is 4.79 Å². The number of benzene rings is 1. The maximum atomic E-state index is 12.2. The van der Waals surface area contributed by atoms with Gasteiger partial charge in [-0.15, -0.1) is 0 Å². The summed E-state index contributed by atoms with van der Waals surface area (Å²) in [5.41, 5.74) is 1.54. The van der Waals surface area contributed by atoms with E-state index in [1.54, 1.807) is 7.11 Å². The fourth-order valence-corrected chi connectivity index (χ4v) is 2.43. The van der Waals surface area contributed by atoms with E-state index in [0.29, 0.717) is 5.69 Å². The van der Waals surface area contributed by atoms with E-state index in [9.17, 15) is 4.79 Å². The highest BCUT2D eigenvalue weighted by Crippen LogP contribution is 2.21. The zero-order valence-electron chi connectivity index (χ0n) is 13.0. The van der Waals surface area contributed by atoms with Gasteiger partial charge in [-0.25, -0.2) is 0 Å². The summed E-state index contributed by atoms with van der Waals surface area (Å²) in [5, 5.41) is 4.03. The lowest BCUT2D eigenvalue weighted by molar-refractivity contribution is 0.0933. The normalized spacial score (nSPS) is 12.3. The highest BCUT2D eigenvalue weighted by Gasteiger charge is 2.12. The zero-order valence-corrected chi connectivity index (χ0v) is 13.0. The Morgan fingerprint density at radius 2 is 2.14 bits per heavy atom. The maximum Gasteiger partial charge on any atom is 0.267 e. The summed E-state index contributed by atoms with van der Waals surface area (Å²) >= 11 is 0. The summed E-state index contributed by atoms with van der Waals surface area (Å²) in [5.74, 6) is 0.746. The van der Waals surface area contributed by atoms with Crippen molar-refractivity contribution in [1.82, 2.24) is 10.3 Å². The van der Waals surface area contributed by atoms with E-state index in [4.69, 9.17) is 4.74 Å². The molecule has 0 aliphatic carbocycles. The molecule has 0 fully saturated rings. The molecule has 1 amide bonds. The van der Waals surface area contributed by atoms with E-state index in [0.717, 1.165) is 29.5 Å². The summed E-state index contributed by atoms with van der Waals surface area (Å²) in [6.07, 6.45) is 4.59. The number of aromatic nitrogens is 1. The van der Waals surface area contributed by atoms with Crippen molar-refractivity contribution in [2.75, 3.05) is 7.11 Å². The molecule has 0 saturated carbocycles. The van der Waals surface area contributed by atoms with Crippen LogP contribution in [0.4, 0.5) is 0 Å². The number of rotatable bonds is 7. The largest absolute Gasteiger partial charge is 0.497 e. The van der Waals surface area contributed by atoms with Crippen LogP contribution in [0, 0.1) is 0 Å². The Kier molecular flexibility index (Phi) is 5.26. The van der Waals surface area contributed by atoms with E-state index >= 15 is 0 Å². The second kappa shape index (κ2) is 7.16. The lowest BCUT2D eigenvalue weighted by Gasteiger charge is -2.12. The minimum Gasteiger partial charge on any atom is -0.497 e. The molecule has 0 saturated heterocycles. The Bertz CT molecular complexity index is 604. The number of methoxy groups -OCH3 is 1. The summed E-state index contributed by atoms with van der Waals surface area (Å²) in [7, 11) is 1.64. The number of amides is 1. The third kappa shape index (κ3) is 4.00. The third-order valence-corrected chi connectivity index (χ3v) is 3.69. The van der Waals surface area contributed by atoms with Crippen LogP contribution in [0.15, 0.2) is 24.3 Å². The Morgan fingerprint density at radius 3 is 2.86 bits per heavy atom. The van der Waals surface area contributed by atoms with Crippen molar-refractivity contribution >= 4 is 16.8 Å². The van der Waals surface area contributed by atoms with Gasteiger partial charge in [0.05, 0.1) is 7.11 Å². The number of ether oxygens (including phenoxy) is 1. The molecule has 0 bridgehead atoms. The number of nitrogens with one attached hydrogen (secondary N) is 2. The highest BCUT2D eigenvalue weighted by atomic mass is 16.5. The number of carbonyl (C=O) groups is 1. The van der Waals surface area contributed by atoms with Crippen molar-refractivity contribution in [3.63, 3.8) is 0 Å². The van der Waals surface area contributed by atoms with Gasteiger partial charge in [0.15, 0.2) is 0 Å². The number of H-pyrrole nitrogens is 1. The first kappa shape index (κ1) is 15.4. The molecule has 21 heavy (non-hydrogen) atoms. The van der Waals surface area contributed by atoms with Gasteiger partial charge in [-0.2, -0.15) is 0 Å². The number of hydrogen-bond donors (Lipinski definition) is 2. The first-order valence-electron chi connectivity index (χ1n) is 7.61. The molecule has 2 rings (SSSR count). The van der Waals surface area contributed by atoms with Gasteiger partial charge in [-0.05, 0) is 37.6 Å². The average molecular weight is 288 g/mol. The van der Waals surface area contributed by atoms with Gasteiger partial charge in [0.1, 0.15) is 11.4 Å². The van der Waals surface area contributed by atoms with Gasteiger partial charge in [0.2, 0.25) is 0 Å². The first-order valence-corrected chi connectivity index (χ1v) is 7.61. The molecule has 0 aliphatic rings. The second-order valence-corrected chi connectivity index (χ2v) is 5.51. The second-order valence-electron chi connectivity index (χ2n) is 5.51. The van der Waals surface area contributed by atoms with Gasteiger partial charge in [0.25, 0.3) is 5.91 Å². The molecule has 0 spiro atoms. The molecule has 0 radical (unpaired) electrons. The summed E-state index contributed by atoms with van der Waals surface area (Å²) in [4.78, 5) is 15.4. The SMILES string of the molecule is CCCCC[C@H](C)NC(=O)c1cc2cc(OC)ccc2[nH]1. The van der Waals surface area contributed by atoms with Crippen LogP contribution < -0.4 is 10.1 Å². The first-order chi connectivity index (χ1) is 10.1. The third-order valence-electron chi connectivity index (χ3n) is 3.69. The van der Waals surface area contributed by atoms with Crippen molar-refractivity contribution in [3.05, 3.63) is 30.0 Å². The van der Waals surface area contributed by atoms with E-state index in [1.807, 2.05) is 24.3 Å². The topological polar surface area (TPSA) is 54.1 Å². The fourth-order valence-electron chi connectivity index (χ4n) is 2.43. The quantitative estimate of drug-likeness (QED) is 0.760. The number of carbonyl (C=O) groups excluding carboxylic acids is 1. The highest BCUT2D eigenvalue weighted by molar-refractivity contribution is 5.98. The molecule has 1 atom stereocenters. The standard InChI is InChI=1S/C17H24N2O2/c1-4-5-6-7-12(2)18-17(20)16-11-13-10-14(21-3)8-9-15(13)19-16/h8-12,19H,4-7H2,1-3H3,(H,18,20)/t12-/m0/s1. The van der Waals surface area contributed by atoms with Crippen LogP contribution in [-0.4, -0.2) is 24.0 Å². The molecule has 0 aliphatic heterocycles. The smallest absolute Gasteiger partial charge is 0.267 e. The molecule has 4 nitrogen and oxygen atoms in total. The predicted octanol–water partition coefficient (Wildman–Crippen LogP) is 3.88. The van der Waals surface area contributed by atoms with Crippen LogP contribution in [0.3, 0.4) is 0 Å². The number of aromatic amines is 1. The number of unbranched alkanes of at least 4 members (excludes halogenated alkanes) is 2. The maximum absolute atomic E-state index is 12.2. The Balaban J connectivity index is 2.02. The molecular formula is C17H24N2O2. The fraction of sp³-hybridized carbons (Fsp3) is 0.471. The minimum atomic E-state index is -0.0471. The van der Waals surface area contributed by atoms with Gasteiger partial charge in [0, 0.05) is 16.9 Å². The molecule has 1 aromatic carbocycles. The molecule has 2 N–H and O–H groups in total. The lowest BCUT2D eigenvalue weighted by Crippen LogP contribution is -2.32. The Hall–Kier alpha value is -1.97. The van der Waals surface area contributed by atoms with Crippen molar-refractivity contribution in [1.29, 1.82) is 0 Å². The van der Waals surface area contributed by atoms with Crippen LogP contribution in [0.1, 0.15) is 50.0 Å². The lowest BCUT2D eigenvalue weighted by atomic mass is 10.1. The summed E-state index contributed by atoms with van der Waals surface area (Å²) in [6.45, 7) is 4.24. The van der Waals surface area contributed by atoms with Crippen molar-refractivity contribution in [2.45, 2.75) is 45.6 Å². The van der Waals surface area contributed by atoms with E-state index < -0.39 is 0 Å². The van der Waals surface area contributed by atoms with Crippen LogP contribution in [-0.2, 0) is 0 Å². The average Bonchev–Trinajstić information content (AvgIpc) is 2.90.